The van der Waals surface area contributed by atoms with Crippen LogP contribution < -0.4 is 9.47 Å². The summed E-state index contributed by atoms with van der Waals surface area (Å²) in [5.74, 6) is -3.23. The van der Waals surface area contributed by atoms with Crippen molar-refractivity contribution in [3.63, 3.8) is 0 Å². The monoisotopic (exact) mass is 409 g/mol. The number of hydrogen-bond acceptors (Lipinski definition) is 8. The third-order valence-electron chi connectivity index (χ3n) is 5.50. The summed E-state index contributed by atoms with van der Waals surface area (Å²) >= 11 is 0. The van der Waals surface area contributed by atoms with E-state index in [2.05, 4.69) is 0 Å². The van der Waals surface area contributed by atoms with Crippen molar-refractivity contribution in [3.05, 3.63) is 75.3 Å². The molecule has 0 fully saturated rings. The zero-order chi connectivity index (χ0) is 21.2. The van der Waals surface area contributed by atoms with E-state index in [-0.39, 0.29) is 23.4 Å². The highest BCUT2D eigenvalue weighted by molar-refractivity contribution is 5.60. The van der Waals surface area contributed by atoms with Crippen LogP contribution in [0.2, 0.25) is 0 Å². The molecule has 2 aliphatic rings. The molecule has 0 aliphatic carbocycles. The van der Waals surface area contributed by atoms with E-state index in [1.165, 1.54) is 36.4 Å². The quantitative estimate of drug-likeness (QED) is 0.286. The molecule has 152 valence electrons. The van der Waals surface area contributed by atoms with Gasteiger partial charge in [0.05, 0.1) is 4.92 Å². The van der Waals surface area contributed by atoms with Crippen LogP contribution in [-0.4, -0.2) is 25.3 Å². The fourth-order valence-corrected chi connectivity index (χ4v) is 4.14. The number of nitro groups is 1. The lowest BCUT2D eigenvalue weighted by atomic mass is 9.78. The standard InChI is InChI=1S/C21H15NO8/c23-14-2-1-3-18-19(14)13-9-21(30-18,10-6-15(24)20(26)16(25)7-10)29-17-5-4-11(22(27)28)8-12(13)17/h1-8,13,23-26H,9H2. The van der Waals surface area contributed by atoms with Crippen LogP contribution >= 0.6 is 0 Å². The highest BCUT2D eigenvalue weighted by atomic mass is 16.7. The van der Waals surface area contributed by atoms with Crippen molar-refractivity contribution in [1.29, 1.82) is 0 Å². The van der Waals surface area contributed by atoms with Crippen molar-refractivity contribution in [2.75, 3.05) is 0 Å². The molecular weight excluding hydrogens is 394 g/mol. The van der Waals surface area contributed by atoms with Gasteiger partial charge >= 0.3 is 0 Å². The zero-order valence-corrected chi connectivity index (χ0v) is 15.3. The van der Waals surface area contributed by atoms with Gasteiger partial charge in [-0.25, -0.2) is 0 Å². The van der Waals surface area contributed by atoms with Crippen LogP contribution in [0, 0.1) is 10.1 Å². The van der Waals surface area contributed by atoms with E-state index in [1.54, 1.807) is 12.1 Å². The fraction of sp³-hybridized carbons (Fsp3) is 0.143. The van der Waals surface area contributed by atoms with Crippen molar-refractivity contribution < 1.29 is 34.8 Å². The van der Waals surface area contributed by atoms with Gasteiger partial charge in [-0.1, -0.05) is 6.07 Å². The van der Waals surface area contributed by atoms with E-state index < -0.39 is 33.9 Å². The molecule has 0 spiro atoms. The van der Waals surface area contributed by atoms with Gasteiger partial charge < -0.3 is 29.9 Å². The van der Waals surface area contributed by atoms with E-state index in [1.807, 2.05) is 0 Å². The Kier molecular flexibility index (Phi) is 3.54. The molecule has 9 nitrogen and oxygen atoms in total. The molecular formula is C21H15NO8. The number of ether oxygens (including phenoxy) is 2. The van der Waals surface area contributed by atoms with Crippen LogP contribution in [0.5, 0.6) is 34.5 Å². The summed E-state index contributed by atoms with van der Waals surface area (Å²) in [7, 11) is 0. The number of nitro benzene ring substituents is 1. The molecule has 9 heteroatoms. The number of rotatable bonds is 2. The number of non-ortho nitro benzene ring substituents is 1. The summed E-state index contributed by atoms with van der Waals surface area (Å²) < 4.78 is 12.2. The van der Waals surface area contributed by atoms with E-state index in [4.69, 9.17) is 9.47 Å². The van der Waals surface area contributed by atoms with Crippen LogP contribution in [0.1, 0.15) is 29.0 Å². The summed E-state index contributed by atoms with van der Waals surface area (Å²) in [5, 5.41) is 51.5. The van der Waals surface area contributed by atoms with Crippen molar-refractivity contribution in [1.82, 2.24) is 0 Å². The van der Waals surface area contributed by atoms with Crippen LogP contribution in [0.4, 0.5) is 5.69 Å². The molecule has 3 aromatic carbocycles. The van der Waals surface area contributed by atoms with Crippen LogP contribution in [0.25, 0.3) is 0 Å². The first-order valence-corrected chi connectivity index (χ1v) is 9.03. The van der Waals surface area contributed by atoms with Gasteiger partial charge in [-0.05, 0) is 30.3 Å². The van der Waals surface area contributed by atoms with Crippen LogP contribution in [0.15, 0.2) is 48.5 Å². The Hall–Kier alpha value is -4.14. The summed E-state index contributed by atoms with van der Waals surface area (Å²) in [6, 6.07) is 11.3. The summed E-state index contributed by atoms with van der Waals surface area (Å²) in [5.41, 5.74) is 1.09. The molecule has 0 saturated heterocycles. The Morgan fingerprint density at radius 2 is 1.63 bits per heavy atom. The van der Waals surface area contributed by atoms with Crippen molar-refractivity contribution >= 4 is 5.69 Å². The first kappa shape index (κ1) is 17.9. The second-order valence-corrected chi connectivity index (χ2v) is 7.25. The molecule has 2 heterocycles. The Morgan fingerprint density at radius 1 is 0.933 bits per heavy atom. The predicted octanol–water partition coefficient (Wildman–Crippen LogP) is 3.58. The van der Waals surface area contributed by atoms with Crippen molar-refractivity contribution in [2.24, 2.45) is 0 Å². The maximum Gasteiger partial charge on any atom is 0.279 e. The minimum atomic E-state index is -1.50. The van der Waals surface area contributed by atoms with E-state index >= 15 is 0 Å². The summed E-state index contributed by atoms with van der Waals surface area (Å²) in [6.07, 6.45) is 0.107. The van der Waals surface area contributed by atoms with Gasteiger partial charge in [-0.3, -0.25) is 10.1 Å². The third-order valence-corrected chi connectivity index (χ3v) is 5.50. The average Bonchev–Trinajstić information content (AvgIpc) is 2.71. The average molecular weight is 409 g/mol. The number of aromatic hydroxyl groups is 4. The second-order valence-electron chi connectivity index (χ2n) is 7.25. The van der Waals surface area contributed by atoms with Gasteiger partial charge in [-0.2, -0.15) is 0 Å². The number of phenolic OH excluding ortho intramolecular Hbond substituents is 4. The number of fused-ring (bicyclic) bond motifs is 6. The summed E-state index contributed by atoms with van der Waals surface area (Å²) in [6.45, 7) is 0. The van der Waals surface area contributed by atoms with E-state index in [0.717, 1.165) is 0 Å². The topological polar surface area (TPSA) is 143 Å². The molecule has 5 rings (SSSR count). The lowest BCUT2D eigenvalue weighted by molar-refractivity contribution is -0.385. The van der Waals surface area contributed by atoms with E-state index in [9.17, 15) is 30.5 Å². The molecule has 4 N–H and O–H groups in total. The zero-order valence-electron chi connectivity index (χ0n) is 15.3. The Labute approximate surface area is 169 Å². The molecule has 0 radical (unpaired) electrons. The minimum absolute atomic E-state index is 0.0261. The lowest BCUT2D eigenvalue weighted by Gasteiger charge is -2.46. The Morgan fingerprint density at radius 3 is 2.33 bits per heavy atom. The van der Waals surface area contributed by atoms with Gasteiger partial charge in [-0.15, -0.1) is 0 Å². The smallest absolute Gasteiger partial charge is 0.279 e. The SMILES string of the molecule is O=[N+]([O-])c1ccc2c(c1)C1CC(c3cc(O)c(O)c(O)c3)(O2)Oc2cccc(O)c21. The molecule has 0 amide bonds. The minimum Gasteiger partial charge on any atom is -0.508 e. The maximum atomic E-state index is 11.3. The highest BCUT2D eigenvalue weighted by Crippen LogP contribution is 2.58. The summed E-state index contributed by atoms with van der Waals surface area (Å²) in [4.78, 5) is 10.8. The molecule has 2 aliphatic heterocycles. The van der Waals surface area contributed by atoms with E-state index in [0.29, 0.717) is 22.6 Å². The van der Waals surface area contributed by atoms with Gasteiger partial charge in [0.2, 0.25) is 0 Å². The largest absolute Gasteiger partial charge is 0.508 e. The lowest BCUT2D eigenvalue weighted by Crippen LogP contribution is -2.46. The van der Waals surface area contributed by atoms with Gasteiger partial charge in [0.25, 0.3) is 11.5 Å². The van der Waals surface area contributed by atoms with Crippen molar-refractivity contribution in [2.45, 2.75) is 18.1 Å². The number of benzene rings is 3. The van der Waals surface area contributed by atoms with Gasteiger partial charge in [0.15, 0.2) is 17.2 Å². The predicted molar refractivity (Wildman–Crippen MR) is 102 cm³/mol. The van der Waals surface area contributed by atoms with Gasteiger partial charge in [0.1, 0.15) is 17.2 Å². The molecule has 30 heavy (non-hydrogen) atoms. The van der Waals surface area contributed by atoms with Crippen LogP contribution in [0.3, 0.4) is 0 Å². The van der Waals surface area contributed by atoms with Crippen LogP contribution in [-0.2, 0) is 5.79 Å². The molecule has 0 saturated carbocycles. The Bertz CT molecular complexity index is 1200. The molecule has 2 unspecified atom stereocenters. The number of hydrogen-bond donors (Lipinski definition) is 4. The Balaban J connectivity index is 1.77. The molecule has 2 bridgehead atoms. The third kappa shape index (κ3) is 2.41. The molecule has 3 aromatic rings. The molecule has 2 atom stereocenters. The normalized spacial score (nSPS) is 21.0. The second kappa shape index (κ2) is 5.93. The van der Waals surface area contributed by atoms with Crippen molar-refractivity contribution in [3.8, 4) is 34.5 Å². The molecule has 0 aromatic heterocycles. The highest BCUT2D eigenvalue weighted by Gasteiger charge is 2.51. The first-order chi connectivity index (χ1) is 14.3. The fourth-order valence-electron chi connectivity index (χ4n) is 4.14. The first-order valence-electron chi connectivity index (χ1n) is 9.03. The maximum absolute atomic E-state index is 11.3. The van der Waals surface area contributed by atoms with Gasteiger partial charge in [0, 0.05) is 41.2 Å². The number of nitrogens with zero attached hydrogens (tertiary/aromatic N) is 1. The number of phenols is 4.